The number of terminal acetylenes is 1. The highest BCUT2D eigenvalue weighted by molar-refractivity contribution is 6.03. The van der Waals surface area contributed by atoms with E-state index in [1.54, 1.807) is 6.07 Å². The molecule has 0 radical (unpaired) electrons. The molecule has 0 aliphatic carbocycles. The molecule has 2 aromatic carbocycles. The zero-order valence-corrected chi connectivity index (χ0v) is 24.4. The maximum absolute atomic E-state index is 16.8. The van der Waals surface area contributed by atoms with Crippen molar-refractivity contribution in [2.24, 2.45) is 0 Å². The molecule has 228 valence electrons. The predicted molar refractivity (Wildman–Crippen MR) is 161 cm³/mol. The van der Waals surface area contributed by atoms with Crippen LogP contribution >= 0.6 is 0 Å². The Kier molecular flexibility index (Phi) is 6.59. The van der Waals surface area contributed by atoms with Gasteiger partial charge in [-0.25, -0.2) is 13.2 Å². The fourth-order valence-electron chi connectivity index (χ4n) is 7.78. The SMILES string of the molecule is C#Cc1c(F)ccc2cc(C#N)cc(-c3ncc4c(N5C[C@H]6CC[C@@H](C5)O6)nc(OC[C@@]56CCCN5C[C@H](F)C6)nc4c3F)c12. The molecule has 8 rings (SSSR count). The fourth-order valence-corrected chi connectivity index (χ4v) is 7.78. The summed E-state index contributed by atoms with van der Waals surface area (Å²) in [5.41, 5.74) is -0.210. The second kappa shape index (κ2) is 10.6. The summed E-state index contributed by atoms with van der Waals surface area (Å²) < 4.78 is 58.4. The van der Waals surface area contributed by atoms with Crippen LogP contribution in [-0.4, -0.2) is 76.6 Å². The molecule has 4 aliphatic heterocycles. The van der Waals surface area contributed by atoms with Crippen LogP contribution in [0.3, 0.4) is 0 Å². The Bertz CT molecular complexity index is 1950. The normalized spacial score (nSPS) is 25.9. The Labute approximate surface area is 257 Å². The van der Waals surface area contributed by atoms with Crippen LogP contribution < -0.4 is 9.64 Å². The van der Waals surface area contributed by atoms with Gasteiger partial charge in [0.25, 0.3) is 0 Å². The molecule has 8 nitrogen and oxygen atoms in total. The zero-order valence-electron chi connectivity index (χ0n) is 24.4. The molecule has 4 aromatic rings. The van der Waals surface area contributed by atoms with Crippen LogP contribution in [0.2, 0.25) is 0 Å². The van der Waals surface area contributed by atoms with Gasteiger partial charge in [0.1, 0.15) is 35.6 Å². The minimum absolute atomic E-state index is 0.0121. The number of hydrogen-bond donors (Lipinski definition) is 0. The molecule has 0 spiro atoms. The van der Waals surface area contributed by atoms with E-state index in [1.807, 2.05) is 0 Å². The van der Waals surface area contributed by atoms with Crippen molar-refractivity contribution in [2.45, 2.75) is 56.0 Å². The maximum atomic E-state index is 16.8. The first-order chi connectivity index (χ1) is 21.9. The summed E-state index contributed by atoms with van der Waals surface area (Å²) in [5.74, 6) is 1.45. The minimum atomic E-state index is -0.923. The average molecular weight is 611 g/mol. The van der Waals surface area contributed by atoms with Crippen molar-refractivity contribution in [3.8, 4) is 35.7 Å². The van der Waals surface area contributed by atoms with Gasteiger partial charge in [-0.15, -0.1) is 6.42 Å². The minimum Gasteiger partial charge on any atom is -0.461 e. The number of fused-ring (bicyclic) bond motifs is 5. The fraction of sp³-hybridized carbons (Fsp3) is 0.412. The van der Waals surface area contributed by atoms with Crippen LogP contribution in [0.25, 0.3) is 32.9 Å². The summed E-state index contributed by atoms with van der Waals surface area (Å²) >= 11 is 0. The number of benzene rings is 2. The molecule has 2 bridgehead atoms. The van der Waals surface area contributed by atoms with Gasteiger partial charge in [0.2, 0.25) is 0 Å². The molecule has 4 aliphatic rings. The number of halogens is 3. The molecule has 4 fully saturated rings. The highest BCUT2D eigenvalue weighted by Crippen LogP contribution is 2.42. The lowest BCUT2D eigenvalue weighted by Crippen LogP contribution is -2.44. The van der Waals surface area contributed by atoms with Gasteiger partial charge in [0, 0.05) is 43.2 Å². The highest BCUT2D eigenvalue weighted by atomic mass is 19.1. The van der Waals surface area contributed by atoms with Crippen molar-refractivity contribution in [3.63, 3.8) is 0 Å². The van der Waals surface area contributed by atoms with Gasteiger partial charge in [-0.2, -0.15) is 15.2 Å². The molecule has 0 saturated carbocycles. The van der Waals surface area contributed by atoms with Crippen LogP contribution in [0.4, 0.5) is 19.0 Å². The summed E-state index contributed by atoms with van der Waals surface area (Å²) in [6.07, 6.45) is 10.4. The molecule has 0 amide bonds. The number of hydrogen-bond acceptors (Lipinski definition) is 8. The Balaban J connectivity index is 1.29. The number of ether oxygens (including phenoxy) is 2. The quantitative estimate of drug-likeness (QED) is 0.282. The van der Waals surface area contributed by atoms with Gasteiger partial charge in [-0.05, 0) is 55.8 Å². The number of rotatable bonds is 5. The molecular formula is C34H29F3N6O2. The van der Waals surface area contributed by atoms with E-state index in [0.717, 1.165) is 32.2 Å². The molecule has 11 heteroatoms. The Morgan fingerprint density at radius 2 is 1.96 bits per heavy atom. The van der Waals surface area contributed by atoms with Gasteiger partial charge < -0.3 is 14.4 Å². The molecular weight excluding hydrogens is 581 g/mol. The van der Waals surface area contributed by atoms with E-state index in [9.17, 15) is 14.0 Å². The maximum Gasteiger partial charge on any atom is 0.319 e. The lowest BCUT2D eigenvalue weighted by Gasteiger charge is -2.34. The summed E-state index contributed by atoms with van der Waals surface area (Å²) in [6, 6.07) is 7.84. The number of nitriles is 1. The van der Waals surface area contributed by atoms with E-state index in [1.165, 1.54) is 24.4 Å². The summed E-state index contributed by atoms with van der Waals surface area (Å²) in [5, 5.41) is 10.9. The van der Waals surface area contributed by atoms with Crippen LogP contribution in [0.1, 0.15) is 43.2 Å². The summed E-state index contributed by atoms with van der Waals surface area (Å²) in [6.45, 7) is 2.53. The van der Waals surface area contributed by atoms with Crippen LogP contribution in [0, 0.1) is 35.3 Å². The van der Waals surface area contributed by atoms with E-state index in [-0.39, 0.29) is 58.1 Å². The number of morpholine rings is 1. The van der Waals surface area contributed by atoms with E-state index >= 15 is 4.39 Å². The summed E-state index contributed by atoms with van der Waals surface area (Å²) in [7, 11) is 0. The van der Waals surface area contributed by atoms with Gasteiger partial charge in [-0.1, -0.05) is 12.0 Å². The number of alkyl halides is 1. The first-order valence-electron chi connectivity index (χ1n) is 15.3. The average Bonchev–Trinajstić information content (AvgIpc) is 3.69. The molecule has 2 aromatic heterocycles. The standard InChI is InChI=1S/C34H29F3N6O2/c1-2-24-27(36)7-4-20-10-19(13-38)11-25(28(20)24)30-29(37)31-26(14-39-30)32(42-16-22-5-6-23(17-42)45-22)41-33(40-31)44-18-34-8-3-9-43(34)15-21(35)12-34/h1,4,7,10-11,14,21-23H,3,5-6,8-9,12,15-18H2/t21-,22-,23+,34+/m1/s1. The number of nitrogens with zero attached hydrogens (tertiary/aromatic N) is 6. The summed E-state index contributed by atoms with van der Waals surface area (Å²) in [4.78, 5) is 18.0. The first kappa shape index (κ1) is 28.1. The molecule has 4 atom stereocenters. The predicted octanol–water partition coefficient (Wildman–Crippen LogP) is 5.30. The molecule has 45 heavy (non-hydrogen) atoms. The number of aromatic nitrogens is 3. The third kappa shape index (κ3) is 4.56. The van der Waals surface area contributed by atoms with Gasteiger partial charge in [-0.3, -0.25) is 9.88 Å². The number of anilines is 1. The van der Waals surface area contributed by atoms with Crippen LogP contribution in [-0.2, 0) is 4.74 Å². The van der Waals surface area contributed by atoms with Crippen molar-refractivity contribution in [2.75, 3.05) is 37.7 Å². The highest BCUT2D eigenvalue weighted by Gasteiger charge is 2.49. The smallest absolute Gasteiger partial charge is 0.319 e. The monoisotopic (exact) mass is 610 g/mol. The van der Waals surface area contributed by atoms with Crippen molar-refractivity contribution < 1.29 is 22.6 Å². The van der Waals surface area contributed by atoms with E-state index in [2.05, 4.69) is 31.8 Å². The van der Waals surface area contributed by atoms with Gasteiger partial charge in [0.15, 0.2) is 5.82 Å². The van der Waals surface area contributed by atoms with E-state index in [4.69, 9.17) is 20.9 Å². The Morgan fingerprint density at radius 3 is 2.73 bits per heavy atom. The largest absolute Gasteiger partial charge is 0.461 e. The second-order valence-electron chi connectivity index (χ2n) is 12.5. The second-order valence-corrected chi connectivity index (χ2v) is 12.5. The Morgan fingerprint density at radius 1 is 1.13 bits per heavy atom. The Hall–Kier alpha value is -4.45. The van der Waals surface area contributed by atoms with Crippen molar-refractivity contribution in [1.82, 2.24) is 19.9 Å². The molecule has 0 N–H and O–H groups in total. The number of pyridine rings is 1. The molecule has 6 heterocycles. The topological polar surface area (TPSA) is 87.4 Å². The van der Waals surface area contributed by atoms with Crippen LogP contribution in [0.5, 0.6) is 6.01 Å². The van der Waals surface area contributed by atoms with Crippen LogP contribution in [0.15, 0.2) is 30.5 Å². The lowest BCUT2D eigenvalue weighted by molar-refractivity contribution is 0.0302. The molecule has 0 unspecified atom stereocenters. The zero-order chi connectivity index (χ0) is 30.9. The van der Waals surface area contributed by atoms with E-state index < -0.39 is 23.3 Å². The first-order valence-corrected chi connectivity index (χ1v) is 15.3. The van der Waals surface area contributed by atoms with Crippen molar-refractivity contribution in [3.05, 3.63) is 53.2 Å². The van der Waals surface area contributed by atoms with Crippen molar-refractivity contribution >= 4 is 27.5 Å². The lowest BCUT2D eigenvalue weighted by atomic mass is 9.94. The van der Waals surface area contributed by atoms with Gasteiger partial charge in [0.05, 0.1) is 40.3 Å². The third-order valence-corrected chi connectivity index (χ3v) is 9.81. The third-order valence-electron chi connectivity index (χ3n) is 9.81. The van der Waals surface area contributed by atoms with Crippen molar-refractivity contribution in [1.29, 1.82) is 5.26 Å². The van der Waals surface area contributed by atoms with E-state index in [0.29, 0.717) is 42.6 Å². The van der Waals surface area contributed by atoms with Gasteiger partial charge >= 0.3 is 6.01 Å². The molecule has 4 saturated heterocycles.